The van der Waals surface area contributed by atoms with Crippen LogP contribution >= 0.6 is 0 Å². The molecule has 6 rings (SSSR count). The summed E-state index contributed by atoms with van der Waals surface area (Å²) in [5.74, 6) is 0.499. The number of hydrogen-bond donors (Lipinski definition) is 2. The normalized spacial score (nSPS) is 17.7. The van der Waals surface area contributed by atoms with Gasteiger partial charge in [-0.25, -0.2) is 9.59 Å². The van der Waals surface area contributed by atoms with Crippen molar-refractivity contribution in [2.24, 2.45) is 0 Å². The topological polar surface area (TPSA) is 105 Å². The minimum atomic E-state index is -0.407. The molecule has 4 aromatic rings. The van der Waals surface area contributed by atoms with Crippen LogP contribution in [0.1, 0.15) is 94.3 Å². The van der Waals surface area contributed by atoms with Crippen LogP contribution in [0.3, 0.4) is 0 Å². The van der Waals surface area contributed by atoms with Gasteiger partial charge in [-0.2, -0.15) is 0 Å². The predicted molar refractivity (Wildman–Crippen MR) is 161 cm³/mol. The van der Waals surface area contributed by atoms with Crippen LogP contribution in [0.4, 0.5) is 11.4 Å². The Hall–Kier alpha value is -4.58. The molecule has 0 aliphatic heterocycles. The molecule has 0 aromatic heterocycles. The predicted octanol–water partition coefficient (Wildman–Crippen LogP) is 7.39. The van der Waals surface area contributed by atoms with Gasteiger partial charge in [-0.1, -0.05) is 51.2 Å². The maximum absolute atomic E-state index is 12.7. The van der Waals surface area contributed by atoms with E-state index < -0.39 is 11.9 Å². The molecule has 0 saturated heterocycles. The summed E-state index contributed by atoms with van der Waals surface area (Å²) in [5.41, 5.74) is 18.5. The number of hydrogen-bond acceptors (Lipinski definition) is 6. The van der Waals surface area contributed by atoms with Crippen LogP contribution in [-0.2, 0) is 5.41 Å². The third-order valence-corrected chi connectivity index (χ3v) is 8.37. The van der Waals surface area contributed by atoms with Crippen LogP contribution in [0.15, 0.2) is 84.9 Å². The summed E-state index contributed by atoms with van der Waals surface area (Å²) in [7, 11) is 0. The number of benzene rings is 4. The summed E-state index contributed by atoms with van der Waals surface area (Å²) in [4.78, 5) is 25.4. The van der Waals surface area contributed by atoms with Crippen molar-refractivity contribution in [1.82, 2.24) is 0 Å². The zero-order valence-electron chi connectivity index (χ0n) is 23.2. The molecule has 0 saturated carbocycles. The van der Waals surface area contributed by atoms with Crippen LogP contribution in [0, 0.1) is 0 Å². The van der Waals surface area contributed by atoms with Gasteiger partial charge in [0.05, 0.1) is 11.1 Å². The average Bonchev–Trinajstić information content (AvgIpc) is 3.85. The molecule has 0 spiro atoms. The second kappa shape index (κ2) is 10.8. The summed E-state index contributed by atoms with van der Waals surface area (Å²) < 4.78 is 11.5. The Labute approximate surface area is 240 Å². The Morgan fingerprint density at radius 2 is 1.22 bits per heavy atom. The zero-order chi connectivity index (χ0) is 28.6. The van der Waals surface area contributed by atoms with E-state index in [2.05, 4.69) is 19.1 Å². The van der Waals surface area contributed by atoms with Gasteiger partial charge < -0.3 is 20.9 Å². The lowest BCUT2D eigenvalue weighted by molar-refractivity contribution is 0.0725. The van der Waals surface area contributed by atoms with Crippen molar-refractivity contribution in [2.45, 2.75) is 56.8 Å². The number of unbranched alkanes of at least 4 members (excludes halogenated alkanes) is 4. The third kappa shape index (κ3) is 5.18. The number of anilines is 2. The van der Waals surface area contributed by atoms with Crippen LogP contribution in [-0.4, -0.2) is 11.9 Å². The van der Waals surface area contributed by atoms with Gasteiger partial charge in [0.1, 0.15) is 11.5 Å². The van der Waals surface area contributed by atoms with Crippen molar-refractivity contribution < 1.29 is 19.1 Å². The highest BCUT2D eigenvalue weighted by molar-refractivity contribution is 5.92. The number of fused-ring (bicyclic) bond motifs is 2. The molecule has 6 heteroatoms. The van der Waals surface area contributed by atoms with Crippen LogP contribution in [0.5, 0.6) is 11.5 Å². The van der Waals surface area contributed by atoms with Crippen molar-refractivity contribution in [1.29, 1.82) is 0 Å². The number of nitrogens with two attached hydrogens (primary N) is 2. The molecule has 4 aromatic carbocycles. The maximum atomic E-state index is 12.7. The van der Waals surface area contributed by atoms with Gasteiger partial charge in [-0.15, -0.1) is 0 Å². The Morgan fingerprint density at radius 3 is 1.83 bits per heavy atom. The summed E-state index contributed by atoms with van der Waals surface area (Å²) >= 11 is 0. The third-order valence-electron chi connectivity index (χ3n) is 8.37. The molecule has 2 aliphatic rings. The lowest BCUT2D eigenvalue weighted by atomic mass is 9.86. The molecule has 2 aliphatic carbocycles. The van der Waals surface area contributed by atoms with Crippen molar-refractivity contribution in [2.75, 3.05) is 11.5 Å². The van der Waals surface area contributed by atoms with Crippen molar-refractivity contribution in [3.05, 3.63) is 118 Å². The highest BCUT2D eigenvalue weighted by atomic mass is 16.5. The Kier molecular flexibility index (Phi) is 7.00. The Bertz CT molecular complexity index is 1610. The molecule has 2 unspecified atom stereocenters. The maximum Gasteiger partial charge on any atom is 0.343 e. The van der Waals surface area contributed by atoms with Gasteiger partial charge in [0.15, 0.2) is 0 Å². The summed E-state index contributed by atoms with van der Waals surface area (Å²) in [5, 5.41) is 0. The Balaban J connectivity index is 1.20. The molecular weight excluding hydrogens is 512 g/mol. The first-order valence-corrected chi connectivity index (χ1v) is 14.3. The lowest BCUT2D eigenvalue weighted by Gasteiger charge is -2.16. The van der Waals surface area contributed by atoms with Gasteiger partial charge in [0.2, 0.25) is 0 Å². The van der Waals surface area contributed by atoms with Crippen molar-refractivity contribution in [3.63, 3.8) is 0 Å². The van der Waals surface area contributed by atoms with Gasteiger partial charge in [0.25, 0.3) is 0 Å². The van der Waals surface area contributed by atoms with Gasteiger partial charge in [-0.3, -0.25) is 0 Å². The SMILES string of the molecule is CCCCCCCC1(C2c3ccc(OC(=O)c4ccc(N)cc4)cc32)c2ccc(OC(=O)c3ccc(N)cc3)cc21. The molecule has 0 amide bonds. The van der Waals surface area contributed by atoms with E-state index in [0.29, 0.717) is 34.0 Å². The minimum absolute atomic E-state index is 0.111. The fourth-order valence-corrected chi connectivity index (χ4v) is 6.13. The number of carbonyl (C=O) groups is 2. The molecule has 0 fully saturated rings. The van der Waals surface area contributed by atoms with Gasteiger partial charge >= 0.3 is 11.9 Å². The van der Waals surface area contributed by atoms with Crippen LogP contribution in [0.25, 0.3) is 0 Å². The summed E-state index contributed by atoms with van der Waals surface area (Å²) in [6, 6.07) is 25.4. The van der Waals surface area contributed by atoms with E-state index in [-0.39, 0.29) is 11.3 Å². The molecule has 0 heterocycles. The van der Waals surface area contributed by atoms with E-state index in [1.807, 2.05) is 24.3 Å². The Morgan fingerprint density at radius 1 is 0.659 bits per heavy atom. The summed E-state index contributed by atoms with van der Waals surface area (Å²) in [6.07, 6.45) is 7.03. The van der Waals surface area contributed by atoms with E-state index in [4.69, 9.17) is 20.9 Å². The number of esters is 2. The van der Waals surface area contributed by atoms with E-state index in [9.17, 15) is 9.59 Å². The van der Waals surface area contributed by atoms with Gasteiger partial charge in [-0.05, 0) is 101 Å². The second-order valence-electron chi connectivity index (χ2n) is 11.1. The molecule has 0 bridgehead atoms. The highest BCUT2D eigenvalue weighted by Crippen LogP contribution is 2.70. The lowest BCUT2D eigenvalue weighted by Crippen LogP contribution is -2.11. The largest absolute Gasteiger partial charge is 0.423 e. The smallest absolute Gasteiger partial charge is 0.343 e. The first-order valence-electron chi connectivity index (χ1n) is 14.3. The van der Waals surface area contributed by atoms with Crippen LogP contribution < -0.4 is 20.9 Å². The molecule has 4 N–H and O–H groups in total. The standard InChI is InChI=1S/C35H34N2O4/c1-2-3-4-5-6-19-35(30-18-16-27(21-31(30)35)41-34(39)23-9-13-25(37)14-10-23)32-28-17-15-26(20-29(28)32)40-33(38)22-7-11-24(36)12-8-22/h7-18,20-21,32H,2-6,19,36-37H2,1H3. The van der Waals surface area contributed by atoms with E-state index in [1.54, 1.807) is 48.5 Å². The molecule has 0 radical (unpaired) electrons. The van der Waals surface area contributed by atoms with Crippen molar-refractivity contribution >= 4 is 23.3 Å². The van der Waals surface area contributed by atoms with Crippen molar-refractivity contribution in [3.8, 4) is 11.5 Å². The fourth-order valence-electron chi connectivity index (χ4n) is 6.13. The molecule has 208 valence electrons. The number of carbonyl (C=O) groups excluding carboxylic acids is 2. The molecule has 41 heavy (non-hydrogen) atoms. The number of nitrogen functional groups attached to an aromatic ring is 2. The van der Waals surface area contributed by atoms with Crippen LogP contribution in [0.2, 0.25) is 0 Å². The number of ether oxygens (including phenoxy) is 2. The molecular formula is C35H34N2O4. The quantitative estimate of drug-likeness (QED) is 0.0879. The molecule has 2 atom stereocenters. The molecule has 6 nitrogen and oxygen atoms in total. The first kappa shape index (κ1) is 26.6. The van der Waals surface area contributed by atoms with E-state index in [0.717, 1.165) is 12.8 Å². The monoisotopic (exact) mass is 546 g/mol. The average molecular weight is 547 g/mol. The highest BCUT2D eigenvalue weighted by Gasteiger charge is 2.61. The van der Waals surface area contributed by atoms with E-state index >= 15 is 0 Å². The first-order chi connectivity index (χ1) is 19.9. The van der Waals surface area contributed by atoms with Gasteiger partial charge in [0, 0.05) is 22.7 Å². The zero-order valence-corrected chi connectivity index (χ0v) is 23.2. The number of rotatable bonds is 11. The van der Waals surface area contributed by atoms with E-state index in [1.165, 1.54) is 47.9 Å². The summed E-state index contributed by atoms with van der Waals surface area (Å²) in [6.45, 7) is 2.23. The second-order valence-corrected chi connectivity index (χ2v) is 11.1. The fraction of sp³-hybridized carbons (Fsp3) is 0.257. The minimum Gasteiger partial charge on any atom is -0.423 e.